The van der Waals surface area contributed by atoms with Gasteiger partial charge in [-0.05, 0) is 0 Å². The second kappa shape index (κ2) is 6.37. The standard InChI is InChI=1S/C11H17OSi.Li/c1-13(2,3)10-12-9-11-7-5-4-6-8-11;/h4-9H,10H2,1-3H3;/q-1;+1. The maximum Gasteiger partial charge on any atom is 1.00 e. The third kappa shape index (κ3) is 6.34. The minimum Gasteiger partial charge on any atom is -0.417 e. The Morgan fingerprint density at radius 2 is 1.71 bits per heavy atom. The summed E-state index contributed by atoms with van der Waals surface area (Å²) in [6.45, 7) is 8.74. The number of rotatable bonds is 4. The van der Waals surface area contributed by atoms with E-state index in [9.17, 15) is 0 Å². The Hall–Kier alpha value is -0.136. The molecule has 1 nitrogen and oxygen atoms in total. The summed E-state index contributed by atoms with van der Waals surface area (Å²) in [6, 6.07) is 10.1. The van der Waals surface area contributed by atoms with Gasteiger partial charge in [0.15, 0.2) is 0 Å². The predicted octanol–water partition coefficient (Wildman–Crippen LogP) is 0.0945. The van der Waals surface area contributed by atoms with Gasteiger partial charge in [0, 0.05) is 6.23 Å². The van der Waals surface area contributed by atoms with Crippen LogP contribution in [0.2, 0.25) is 19.6 Å². The van der Waals surface area contributed by atoms with Crippen molar-refractivity contribution in [2.75, 3.05) is 6.23 Å². The van der Waals surface area contributed by atoms with Crippen LogP contribution in [0.1, 0.15) is 5.56 Å². The molecule has 0 bridgehead atoms. The Bertz CT molecular complexity index is 243. The van der Waals surface area contributed by atoms with Crippen molar-refractivity contribution in [1.29, 1.82) is 0 Å². The fraction of sp³-hybridized carbons (Fsp3) is 0.364. The molecular formula is C11H17LiOSi. The molecule has 1 aromatic rings. The van der Waals surface area contributed by atoms with Crippen LogP contribution in [0.3, 0.4) is 0 Å². The van der Waals surface area contributed by atoms with Gasteiger partial charge in [0.2, 0.25) is 0 Å². The first-order valence-electron chi connectivity index (χ1n) is 4.58. The third-order valence-electron chi connectivity index (χ3n) is 1.54. The largest absolute Gasteiger partial charge is 1.00 e. The molecule has 0 amide bonds. The molecule has 1 aromatic carbocycles. The van der Waals surface area contributed by atoms with Crippen LogP contribution in [-0.4, -0.2) is 14.3 Å². The average Bonchev–Trinajstić information content (AvgIpc) is 2.04. The molecule has 1 rings (SSSR count). The van der Waals surface area contributed by atoms with E-state index in [1.54, 1.807) is 0 Å². The molecule has 3 heteroatoms. The molecule has 0 unspecified atom stereocenters. The van der Waals surface area contributed by atoms with E-state index in [4.69, 9.17) is 4.74 Å². The first-order chi connectivity index (χ1) is 6.08. The first-order valence-corrected chi connectivity index (χ1v) is 8.28. The topological polar surface area (TPSA) is 9.23 Å². The fourth-order valence-electron chi connectivity index (χ4n) is 0.919. The van der Waals surface area contributed by atoms with Gasteiger partial charge in [0.25, 0.3) is 0 Å². The predicted molar refractivity (Wildman–Crippen MR) is 59.1 cm³/mol. The average molecular weight is 200 g/mol. The van der Waals surface area contributed by atoms with Crippen molar-refractivity contribution >= 4 is 8.07 Å². The molecule has 0 saturated carbocycles. The number of hydrogen-bond acceptors (Lipinski definition) is 1. The van der Waals surface area contributed by atoms with Crippen molar-refractivity contribution < 1.29 is 23.6 Å². The maximum absolute atomic E-state index is 5.52. The van der Waals surface area contributed by atoms with E-state index in [1.165, 1.54) is 0 Å². The van der Waals surface area contributed by atoms with E-state index in [2.05, 4.69) is 19.6 Å². The van der Waals surface area contributed by atoms with E-state index < -0.39 is 8.07 Å². The van der Waals surface area contributed by atoms with Crippen molar-refractivity contribution in [1.82, 2.24) is 0 Å². The zero-order valence-corrected chi connectivity index (χ0v) is 10.6. The Labute approximate surface area is 100 Å². The zero-order chi connectivity index (χ0) is 9.73. The summed E-state index contributed by atoms with van der Waals surface area (Å²) in [6.07, 6.45) is 0.891. The second-order valence-electron chi connectivity index (χ2n) is 4.40. The molecule has 72 valence electrons. The van der Waals surface area contributed by atoms with Crippen LogP contribution < -0.4 is 18.9 Å². The van der Waals surface area contributed by atoms with Crippen molar-refractivity contribution in [3.8, 4) is 0 Å². The van der Waals surface area contributed by atoms with Crippen LogP contribution in [-0.2, 0) is 4.74 Å². The molecule has 0 radical (unpaired) electrons. The van der Waals surface area contributed by atoms with E-state index in [0.29, 0.717) is 0 Å². The molecule has 0 aliphatic rings. The minimum atomic E-state index is -1.06. The second-order valence-corrected chi connectivity index (χ2v) is 9.81. The molecule has 0 fully saturated rings. The molecular weight excluding hydrogens is 183 g/mol. The van der Waals surface area contributed by atoms with Crippen LogP contribution in [0.25, 0.3) is 0 Å². The van der Waals surface area contributed by atoms with E-state index in [1.807, 2.05) is 36.9 Å². The maximum atomic E-state index is 5.52. The summed E-state index contributed by atoms with van der Waals surface area (Å²) < 4.78 is 5.52. The van der Waals surface area contributed by atoms with Gasteiger partial charge in [-0.2, -0.15) is 17.7 Å². The molecule has 0 heterocycles. The third-order valence-corrected chi connectivity index (χ3v) is 2.57. The number of hydrogen-bond donors (Lipinski definition) is 0. The summed E-state index contributed by atoms with van der Waals surface area (Å²) >= 11 is 0. The number of ether oxygens (including phenoxy) is 1. The first kappa shape index (κ1) is 13.9. The molecule has 0 N–H and O–H groups in total. The normalized spacial score (nSPS) is 10.5. The van der Waals surface area contributed by atoms with Crippen LogP contribution in [0.15, 0.2) is 30.3 Å². The number of benzene rings is 1. The van der Waals surface area contributed by atoms with E-state index in [-0.39, 0.29) is 18.9 Å². The van der Waals surface area contributed by atoms with E-state index in [0.717, 1.165) is 11.8 Å². The van der Waals surface area contributed by atoms with Crippen LogP contribution in [0.5, 0.6) is 0 Å². The fourth-order valence-corrected chi connectivity index (χ4v) is 1.50. The van der Waals surface area contributed by atoms with Crippen LogP contribution in [0, 0.1) is 6.61 Å². The minimum absolute atomic E-state index is 0. The molecule has 0 aromatic heterocycles. The quantitative estimate of drug-likeness (QED) is 0.494. The van der Waals surface area contributed by atoms with Crippen molar-refractivity contribution in [3.63, 3.8) is 0 Å². The SMILES string of the molecule is C[Si](C)(C)CO[CH-]c1ccccc1.[Li+]. The van der Waals surface area contributed by atoms with Gasteiger partial charge < -0.3 is 4.74 Å². The Morgan fingerprint density at radius 1 is 1.14 bits per heavy atom. The van der Waals surface area contributed by atoms with Crippen molar-refractivity contribution in [2.45, 2.75) is 19.6 Å². The van der Waals surface area contributed by atoms with Gasteiger partial charge >= 0.3 is 18.9 Å². The summed E-state index contributed by atoms with van der Waals surface area (Å²) in [5.41, 5.74) is 1.14. The Morgan fingerprint density at radius 3 is 2.21 bits per heavy atom. The monoisotopic (exact) mass is 200 g/mol. The molecule has 0 aliphatic heterocycles. The van der Waals surface area contributed by atoms with Gasteiger partial charge in [-0.3, -0.25) is 0 Å². The zero-order valence-electron chi connectivity index (χ0n) is 9.58. The van der Waals surface area contributed by atoms with Crippen LogP contribution >= 0.6 is 0 Å². The van der Waals surface area contributed by atoms with Crippen LogP contribution in [0.4, 0.5) is 0 Å². The van der Waals surface area contributed by atoms with E-state index >= 15 is 0 Å². The molecule has 14 heavy (non-hydrogen) atoms. The van der Waals surface area contributed by atoms with Crippen molar-refractivity contribution in [2.24, 2.45) is 0 Å². The Kier molecular flexibility index (Phi) is 6.31. The summed E-state index contributed by atoms with van der Waals surface area (Å²) in [4.78, 5) is 0. The smallest absolute Gasteiger partial charge is 0.417 e. The summed E-state index contributed by atoms with van der Waals surface area (Å²) in [7, 11) is -1.06. The van der Waals surface area contributed by atoms with Gasteiger partial charge in [-0.15, -0.1) is 12.1 Å². The molecule has 0 saturated heterocycles. The summed E-state index contributed by atoms with van der Waals surface area (Å²) in [5, 5.41) is 0. The van der Waals surface area contributed by atoms with Gasteiger partial charge in [-0.1, -0.05) is 32.3 Å². The van der Waals surface area contributed by atoms with Gasteiger partial charge in [-0.25, -0.2) is 0 Å². The molecule has 0 aliphatic carbocycles. The summed E-state index contributed by atoms with van der Waals surface area (Å²) in [5.74, 6) is 0. The molecule has 0 atom stereocenters. The Balaban J connectivity index is 0.00000169. The molecule has 0 spiro atoms. The van der Waals surface area contributed by atoms with Gasteiger partial charge in [0.05, 0.1) is 8.07 Å². The van der Waals surface area contributed by atoms with Crippen molar-refractivity contribution in [3.05, 3.63) is 42.5 Å². The van der Waals surface area contributed by atoms with Gasteiger partial charge in [0.1, 0.15) is 0 Å².